The lowest BCUT2D eigenvalue weighted by atomic mass is 10.2. The van der Waals surface area contributed by atoms with Crippen molar-refractivity contribution in [1.82, 2.24) is 14.6 Å². The van der Waals surface area contributed by atoms with E-state index < -0.39 is 10.0 Å². The van der Waals surface area contributed by atoms with E-state index in [0.717, 1.165) is 10.6 Å². The lowest BCUT2D eigenvalue weighted by Crippen LogP contribution is -2.16. The fraction of sp³-hybridized carbons (Fsp3) is 0.333. The van der Waals surface area contributed by atoms with E-state index in [1.54, 1.807) is 25.1 Å². The number of anilines is 1. The van der Waals surface area contributed by atoms with Crippen molar-refractivity contribution in [2.45, 2.75) is 38.6 Å². The molecule has 0 atom stereocenters. The lowest BCUT2D eigenvalue weighted by molar-refractivity contribution is 0.592. The maximum atomic E-state index is 12.8. The second kappa shape index (κ2) is 6.02. The molecule has 0 radical (unpaired) electrons. The molecule has 3 aromatic rings. The van der Waals surface area contributed by atoms with Gasteiger partial charge in [-0.05, 0) is 31.5 Å². The quantitative estimate of drug-likeness (QED) is 0.737. The maximum absolute atomic E-state index is 12.8. The third kappa shape index (κ3) is 3.01. The fourth-order valence-corrected chi connectivity index (χ4v) is 4.76. The van der Waals surface area contributed by atoms with Gasteiger partial charge in [-0.15, -0.1) is 0 Å². The first-order chi connectivity index (χ1) is 11.2. The van der Waals surface area contributed by atoms with Gasteiger partial charge in [0.2, 0.25) is 9.99 Å². The number of fused-ring (bicyclic) bond motifs is 1. The van der Waals surface area contributed by atoms with Gasteiger partial charge in [0.05, 0.1) is 11.4 Å². The van der Waals surface area contributed by atoms with Crippen LogP contribution in [0.2, 0.25) is 5.02 Å². The Morgan fingerprint density at radius 2 is 2.00 bits per heavy atom. The molecule has 0 fully saturated rings. The van der Waals surface area contributed by atoms with Crippen molar-refractivity contribution in [2.75, 3.05) is 4.72 Å². The van der Waals surface area contributed by atoms with Crippen LogP contribution < -0.4 is 4.72 Å². The Balaban J connectivity index is 2.07. The van der Waals surface area contributed by atoms with Crippen molar-refractivity contribution < 1.29 is 8.42 Å². The topological polar surface area (TPSA) is 76.4 Å². The zero-order valence-corrected chi connectivity index (χ0v) is 16.1. The SMILES string of the molecule is Cc1ccc(NS(=O)(=O)c2c(C)nc3sc(C(C)C)nn23)cc1Cl. The number of hydrogen-bond acceptors (Lipinski definition) is 5. The Bertz CT molecular complexity index is 1020. The number of aromatic nitrogens is 3. The van der Waals surface area contributed by atoms with E-state index in [2.05, 4.69) is 14.8 Å². The van der Waals surface area contributed by atoms with Crippen LogP contribution >= 0.6 is 22.9 Å². The molecule has 0 aliphatic heterocycles. The van der Waals surface area contributed by atoms with E-state index in [1.807, 2.05) is 20.8 Å². The molecule has 3 rings (SSSR count). The molecule has 0 aliphatic carbocycles. The van der Waals surface area contributed by atoms with Gasteiger partial charge >= 0.3 is 0 Å². The first-order valence-electron chi connectivity index (χ1n) is 7.34. The number of halogens is 1. The minimum atomic E-state index is -3.83. The number of sulfonamides is 1. The molecule has 1 N–H and O–H groups in total. The van der Waals surface area contributed by atoms with Gasteiger partial charge in [-0.25, -0.2) is 4.98 Å². The standard InChI is InChI=1S/C15H17ClN4O2S2/c1-8(2)13-18-20-14(10(4)17-15(20)23-13)24(21,22)19-11-6-5-9(3)12(16)7-11/h5-8,19H,1-4H3. The molecule has 6 nitrogen and oxygen atoms in total. The Labute approximate surface area is 149 Å². The molecule has 0 aliphatic rings. The Morgan fingerprint density at radius 3 is 2.62 bits per heavy atom. The molecule has 0 saturated carbocycles. The van der Waals surface area contributed by atoms with Gasteiger partial charge in [0.1, 0.15) is 5.01 Å². The van der Waals surface area contributed by atoms with Gasteiger partial charge in [0, 0.05) is 10.9 Å². The Hall–Kier alpha value is -1.64. The summed E-state index contributed by atoms with van der Waals surface area (Å²) in [6.45, 7) is 7.53. The van der Waals surface area contributed by atoms with E-state index in [1.165, 1.54) is 15.9 Å². The number of rotatable bonds is 4. The minimum absolute atomic E-state index is 0.0531. The molecule has 2 heterocycles. The van der Waals surface area contributed by atoms with E-state index in [0.29, 0.717) is 21.4 Å². The van der Waals surface area contributed by atoms with E-state index >= 15 is 0 Å². The van der Waals surface area contributed by atoms with Crippen molar-refractivity contribution in [3.8, 4) is 0 Å². The van der Waals surface area contributed by atoms with Crippen LogP contribution in [0.15, 0.2) is 23.2 Å². The molecule has 128 valence electrons. The summed E-state index contributed by atoms with van der Waals surface area (Å²) in [4.78, 5) is 4.90. The smallest absolute Gasteiger partial charge is 0.278 e. The van der Waals surface area contributed by atoms with Crippen LogP contribution in [0, 0.1) is 13.8 Å². The first kappa shape index (κ1) is 17.2. The van der Waals surface area contributed by atoms with Crippen molar-refractivity contribution in [1.29, 1.82) is 0 Å². The fourth-order valence-electron chi connectivity index (χ4n) is 2.25. The molecule has 0 spiro atoms. The van der Waals surface area contributed by atoms with Crippen LogP contribution in [0.3, 0.4) is 0 Å². The summed E-state index contributed by atoms with van der Waals surface area (Å²) in [6.07, 6.45) is 0. The van der Waals surface area contributed by atoms with Crippen molar-refractivity contribution in [3.63, 3.8) is 0 Å². The number of nitrogens with zero attached hydrogens (tertiary/aromatic N) is 3. The number of imidazole rings is 1. The molecule has 9 heteroatoms. The monoisotopic (exact) mass is 384 g/mol. The summed E-state index contributed by atoms with van der Waals surface area (Å²) < 4.78 is 29.6. The predicted molar refractivity (Wildman–Crippen MR) is 96.7 cm³/mol. The van der Waals surface area contributed by atoms with Crippen molar-refractivity contribution >= 4 is 43.6 Å². The number of nitrogens with one attached hydrogen (secondary N) is 1. The largest absolute Gasteiger partial charge is 0.281 e. The van der Waals surface area contributed by atoms with Crippen LogP contribution in [-0.2, 0) is 10.0 Å². The highest BCUT2D eigenvalue weighted by Gasteiger charge is 2.26. The van der Waals surface area contributed by atoms with Crippen LogP contribution in [0.1, 0.15) is 36.0 Å². The number of benzene rings is 1. The predicted octanol–water partition coefficient (Wildman–Crippen LogP) is 3.99. The number of aryl methyl sites for hydroxylation is 2. The summed E-state index contributed by atoms with van der Waals surface area (Å²) in [7, 11) is -3.83. The third-order valence-corrected chi connectivity index (χ3v) is 6.61. The Kier molecular flexibility index (Phi) is 4.31. The van der Waals surface area contributed by atoms with E-state index in [-0.39, 0.29) is 10.9 Å². The minimum Gasteiger partial charge on any atom is -0.278 e. The molecule has 2 aromatic heterocycles. The average molecular weight is 385 g/mol. The molecule has 0 saturated heterocycles. The van der Waals surface area contributed by atoms with Gasteiger partial charge < -0.3 is 0 Å². The highest BCUT2D eigenvalue weighted by Crippen LogP contribution is 2.28. The molecule has 1 aromatic carbocycles. The lowest BCUT2D eigenvalue weighted by Gasteiger charge is -2.09. The molecular weight excluding hydrogens is 368 g/mol. The summed E-state index contributed by atoms with van der Waals surface area (Å²) in [5.74, 6) is 0.205. The zero-order chi connectivity index (χ0) is 17.6. The molecule has 0 unspecified atom stereocenters. The van der Waals surface area contributed by atoms with Crippen LogP contribution in [0.25, 0.3) is 4.96 Å². The summed E-state index contributed by atoms with van der Waals surface area (Å²) >= 11 is 7.46. The molecule has 24 heavy (non-hydrogen) atoms. The Morgan fingerprint density at radius 1 is 1.29 bits per heavy atom. The van der Waals surface area contributed by atoms with Crippen LogP contribution in [0.4, 0.5) is 5.69 Å². The summed E-state index contributed by atoms with van der Waals surface area (Å²) in [5.41, 5.74) is 1.69. The van der Waals surface area contributed by atoms with Crippen molar-refractivity contribution in [3.05, 3.63) is 39.5 Å². The van der Waals surface area contributed by atoms with Crippen molar-refractivity contribution in [2.24, 2.45) is 0 Å². The van der Waals surface area contributed by atoms with E-state index in [4.69, 9.17) is 11.6 Å². The van der Waals surface area contributed by atoms with E-state index in [9.17, 15) is 8.42 Å². The van der Waals surface area contributed by atoms with Gasteiger partial charge in [-0.3, -0.25) is 4.72 Å². The molecular formula is C15H17ClN4O2S2. The zero-order valence-electron chi connectivity index (χ0n) is 13.7. The molecule has 0 amide bonds. The summed E-state index contributed by atoms with van der Waals surface area (Å²) in [5, 5.41) is 5.79. The van der Waals surface area contributed by atoms with Gasteiger partial charge in [0.25, 0.3) is 10.0 Å². The average Bonchev–Trinajstić information content (AvgIpc) is 2.98. The van der Waals surface area contributed by atoms with Gasteiger partial charge in [-0.1, -0.05) is 42.9 Å². The number of hydrogen-bond donors (Lipinski definition) is 1. The highest BCUT2D eigenvalue weighted by molar-refractivity contribution is 7.92. The highest BCUT2D eigenvalue weighted by atomic mass is 35.5. The second-order valence-corrected chi connectivity index (χ2v) is 8.85. The first-order valence-corrected chi connectivity index (χ1v) is 10.0. The van der Waals surface area contributed by atoms with Gasteiger partial charge in [0.15, 0.2) is 0 Å². The van der Waals surface area contributed by atoms with Crippen LogP contribution in [0.5, 0.6) is 0 Å². The van der Waals surface area contributed by atoms with Crippen LogP contribution in [-0.4, -0.2) is 23.0 Å². The molecule has 0 bridgehead atoms. The summed E-state index contributed by atoms with van der Waals surface area (Å²) in [6, 6.07) is 5.02. The second-order valence-electron chi connectivity index (χ2n) is 5.86. The third-order valence-electron chi connectivity index (χ3n) is 3.51. The normalized spacial score (nSPS) is 12.2. The van der Waals surface area contributed by atoms with Gasteiger partial charge in [-0.2, -0.15) is 18.0 Å². The maximum Gasteiger partial charge on any atom is 0.281 e.